The van der Waals surface area contributed by atoms with E-state index < -0.39 is 0 Å². The second-order valence-electron chi connectivity index (χ2n) is 4.54. The summed E-state index contributed by atoms with van der Waals surface area (Å²) >= 11 is 0. The van der Waals surface area contributed by atoms with Crippen molar-refractivity contribution < 1.29 is 4.74 Å². The van der Waals surface area contributed by atoms with Gasteiger partial charge in [-0.2, -0.15) is 5.26 Å². The van der Waals surface area contributed by atoms with Crippen LogP contribution in [0.3, 0.4) is 0 Å². The highest BCUT2D eigenvalue weighted by Gasteiger charge is 2.14. The summed E-state index contributed by atoms with van der Waals surface area (Å²) in [6.45, 7) is 5.75. The van der Waals surface area contributed by atoms with E-state index in [4.69, 9.17) is 4.74 Å². The average molecular weight is 252 g/mol. The number of benzene rings is 1. The summed E-state index contributed by atoms with van der Waals surface area (Å²) in [4.78, 5) is 4.33. The van der Waals surface area contributed by atoms with Gasteiger partial charge in [0.15, 0.2) is 0 Å². The van der Waals surface area contributed by atoms with Crippen LogP contribution in [-0.4, -0.2) is 4.98 Å². The molecule has 96 valence electrons. The normalized spacial score (nSPS) is 11.7. The Labute approximate surface area is 113 Å². The maximum absolute atomic E-state index is 9.20. The van der Waals surface area contributed by atoms with E-state index in [0.29, 0.717) is 11.4 Å². The first-order valence-electron chi connectivity index (χ1n) is 6.21. The summed E-state index contributed by atoms with van der Waals surface area (Å²) in [7, 11) is 0. The van der Waals surface area contributed by atoms with Crippen LogP contribution in [0, 0.1) is 25.2 Å². The third kappa shape index (κ3) is 2.92. The van der Waals surface area contributed by atoms with Crippen molar-refractivity contribution in [3.05, 3.63) is 58.8 Å². The van der Waals surface area contributed by atoms with E-state index >= 15 is 0 Å². The van der Waals surface area contributed by atoms with Gasteiger partial charge in [-0.1, -0.05) is 30.3 Å². The summed E-state index contributed by atoms with van der Waals surface area (Å²) in [6, 6.07) is 13.9. The Morgan fingerprint density at radius 2 is 1.89 bits per heavy atom. The van der Waals surface area contributed by atoms with Gasteiger partial charge in [0.05, 0.1) is 0 Å². The van der Waals surface area contributed by atoms with Gasteiger partial charge in [0.25, 0.3) is 0 Å². The van der Waals surface area contributed by atoms with Crippen molar-refractivity contribution in [2.75, 3.05) is 0 Å². The molecule has 0 radical (unpaired) electrons. The molecule has 1 atom stereocenters. The maximum Gasteiger partial charge on any atom is 0.232 e. The molecular weight excluding hydrogens is 236 g/mol. The van der Waals surface area contributed by atoms with Crippen molar-refractivity contribution >= 4 is 0 Å². The Bertz CT molecular complexity index is 615. The zero-order valence-corrected chi connectivity index (χ0v) is 11.3. The lowest BCUT2D eigenvalue weighted by Crippen LogP contribution is -2.07. The second-order valence-corrected chi connectivity index (χ2v) is 4.54. The standard InChI is InChI=1S/C16H16N2O/c1-11-9-12(2)18-16(15(11)10-17)19-13(3)14-7-5-4-6-8-14/h4-9,13H,1-3H3. The van der Waals surface area contributed by atoms with Gasteiger partial charge in [0, 0.05) is 5.69 Å². The molecule has 0 spiro atoms. The van der Waals surface area contributed by atoms with Gasteiger partial charge in [-0.15, -0.1) is 0 Å². The Morgan fingerprint density at radius 3 is 2.53 bits per heavy atom. The predicted octanol–water partition coefficient (Wildman–Crippen LogP) is 3.71. The number of ether oxygens (including phenoxy) is 1. The Hall–Kier alpha value is -2.34. The number of rotatable bonds is 3. The molecule has 0 aliphatic rings. The first-order chi connectivity index (χ1) is 9.11. The minimum atomic E-state index is -0.137. The third-order valence-electron chi connectivity index (χ3n) is 2.98. The highest BCUT2D eigenvalue weighted by atomic mass is 16.5. The molecule has 0 saturated heterocycles. The molecule has 0 fully saturated rings. The number of aryl methyl sites for hydroxylation is 2. The SMILES string of the molecule is Cc1cc(C)c(C#N)c(OC(C)c2ccccc2)n1. The highest BCUT2D eigenvalue weighted by Crippen LogP contribution is 2.25. The lowest BCUT2D eigenvalue weighted by molar-refractivity contribution is 0.216. The fourth-order valence-electron chi connectivity index (χ4n) is 1.98. The lowest BCUT2D eigenvalue weighted by Gasteiger charge is -2.16. The van der Waals surface area contributed by atoms with Gasteiger partial charge in [0.2, 0.25) is 5.88 Å². The van der Waals surface area contributed by atoms with Crippen LogP contribution < -0.4 is 4.74 Å². The Morgan fingerprint density at radius 1 is 1.21 bits per heavy atom. The predicted molar refractivity (Wildman–Crippen MR) is 73.9 cm³/mol. The van der Waals surface area contributed by atoms with E-state index in [9.17, 15) is 5.26 Å². The van der Waals surface area contributed by atoms with Crippen LogP contribution in [0.25, 0.3) is 0 Å². The number of nitriles is 1. The van der Waals surface area contributed by atoms with Crippen LogP contribution in [0.15, 0.2) is 36.4 Å². The molecule has 1 aromatic carbocycles. The quantitative estimate of drug-likeness (QED) is 0.836. The van der Waals surface area contributed by atoms with Crippen LogP contribution in [0.1, 0.15) is 35.4 Å². The Balaban J connectivity index is 2.32. The van der Waals surface area contributed by atoms with E-state index in [1.807, 2.05) is 57.2 Å². The number of nitrogens with zero attached hydrogens (tertiary/aromatic N) is 2. The van der Waals surface area contributed by atoms with Gasteiger partial charge >= 0.3 is 0 Å². The van der Waals surface area contributed by atoms with E-state index in [0.717, 1.165) is 16.8 Å². The average Bonchev–Trinajstić information content (AvgIpc) is 2.39. The van der Waals surface area contributed by atoms with E-state index in [1.54, 1.807) is 0 Å². The van der Waals surface area contributed by atoms with Gasteiger partial charge < -0.3 is 4.74 Å². The molecule has 0 aliphatic carbocycles. The van der Waals surface area contributed by atoms with Crippen molar-refractivity contribution in [3.8, 4) is 11.9 Å². The minimum Gasteiger partial charge on any atom is -0.469 e. The summed E-state index contributed by atoms with van der Waals surface area (Å²) in [5.41, 5.74) is 3.32. The van der Waals surface area contributed by atoms with Crippen molar-refractivity contribution in [2.24, 2.45) is 0 Å². The second kappa shape index (κ2) is 5.53. The molecule has 1 heterocycles. The van der Waals surface area contributed by atoms with Gasteiger partial charge in [-0.05, 0) is 38.0 Å². The van der Waals surface area contributed by atoms with Gasteiger partial charge in [-0.3, -0.25) is 0 Å². The molecule has 1 aromatic heterocycles. The van der Waals surface area contributed by atoms with Gasteiger partial charge in [0.1, 0.15) is 17.7 Å². The van der Waals surface area contributed by atoms with Crippen molar-refractivity contribution in [1.82, 2.24) is 4.98 Å². The van der Waals surface area contributed by atoms with Crippen molar-refractivity contribution in [1.29, 1.82) is 5.26 Å². The number of aromatic nitrogens is 1. The fraction of sp³-hybridized carbons (Fsp3) is 0.250. The highest BCUT2D eigenvalue weighted by molar-refractivity contribution is 5.45. The van der Waals surface area contributed by atoms with E-state index in [-0.39, 0.29) is 6.10 Å². The third-order valence-corrected chi connectivity index (χ3v) is 2.98. The molecule has 0 saturated carbocycles. The molecule has 0 bridgehead atoms. The maximum atomic E-state index is 9.20. The first kappa shape index (κ1) is 13.1. The molecule has 0 amide bonds. The molecule has 2 rings (SSSR count). The zero-order valence-electron chi connectivity index (χ0n) is 11.3. The molecule has 2 aromatic rings. The molecule has 3 nitrogen and oxygen atoms in total. The van der Waals surface area contributed by atoms with E-state index in [1.165, 1.54) is 0 Å². The zero-order chi connectivity index (χ0) is 13.8. The smallest absolute Gasteiger partial charge is 0.232 e. The molecular formula is C16H16N2O. The molecule has 0 aliphatic heterocycles. The van der Waals surface area contributed by atoms with E-state index in [2.05, 4.69) is 11.1 Å². The summed E-state index contributed by atoms with van der Waals surface area (Å²) in [5.74, 6) is 0.413. The number of pyridine rings is 1. The van der Waals surface area contributed by atoms with Crippen LogP contribution in [0.4, 0.5) is 0 Å². The number of hydrogen-bond acceptors (Lipinski definition) is 3. The van der Waals surface area contributed by atoms with Gasteiger partial charge in [-0.25, -0.2) is 4.98 Å². The first-order valence-corrected chi connectivity index (χ1v) is 6.21. The molecule has 1 unspecified atom stereocenters. The molecule has 19 heavy (non-hydrogen) atoms. The van der Waals surface area contributed by atoms with Crippen LogP contribution in [0.2, 0.25) is 0 Å². The van der Waals surface area contributed by atoms with Crippen LogP contribution in [0.5, 0.6) is 5.88 Å². The summed E-state index contributed by atoms with van der Waals surface area (Å²) in [6.07, 6.45) is -0.137. The summed E-state index contributed by atoms with van der Waals surface area (Å²) < 4.78 is 5.85. The van der Waals surface area contributed by atoms with Crippen molar-refractivity contribution in [3.63, 3.8) is 0 Å². The monoisotopic (exact) mass is 252 g/mol. The fourth-order valence-corrected chi connectivity index (χ4v) is 1.98. The summed E-state index contributed by atoms with van der Waals surface area (Å²) in [5, 5.41) is 9.20. The topological polar surface area (TPSA) is 45.9 Å². The molecule has 3 heteroatoms. The molecule has 0 N–H and O–H groups in total. The Kier molecular flexibility index (Phi) is 3.82. The van der Waals surface area contributed by atoms with Crippen molar-refractivity contribution in [2.45, 2.75) is 26.9 Å². The largest absolute Gasteiger partial charge is 0.469 e. The van der Waals surface area contributed by atoms with Crippen LogP contribution in [-0.2, 0) is 0 Å². The number of hydrogen-bond donors (Lipinski definition) is 0. The minimum absolute atomic E-state index is 0.137. The van der Waals surface area contributed by atoms with Crippen LogP contribution >= 0.6 is 0 Å². The lowest BCUT2D eigenvalue weighted by atomic mass is 10.1.